The van der Waals surface area contributed by atoms with E-state index in [0.717, 1.165) is 24.8 Å². The van der Waals surface area contributed by atoms with Crippen LogP contribution in [0.5, 0.6) is 5.75 Å². The largest absolute Gasteiger partial charge is 0.494 e. The Kier molecular flexibility index (Phi) is 10.1. The maximum atomic E-state index is 12.6. The van der Waals surface area contributed by atoms with Crippen molar-refractivity contribution in [2.75, 3.05) is 26.7 Å². The minimum Gasteiger partial charge on any atom is -0.494 e. The Balaban J connectivity index is 1.43. The van der Waals surface area contributed by atoms with Gasteiger partial charge < -0.3 is 20.1 Å². The second-order valence-electron chi connectivity index (χ2n) is 8.52. The first-order valence-corrected chi connectivity index (χ1v) is 12.5. The Bertz CT molecular complexity index is 1100. The third-order valence-corrected chi connectivity index (χ3v) is 6.44. The van der Waals surface area contributed by atoms with E-state index in [0.29, 0.717) is 37.6 Å². The Morgan fingerprint density at radius 1 is 1.11 bits per heavy atom. The molecule has 2 N–H and O–H groups in total. The number of nitrogens with zero attached hydrogens (tertiary/aromatic N) is 2. The molecule has 0 saturated heterocycles. The summed E-state index contributed by atoms with van der Waals surface area (Å²) in [5.74, 6) is -1.12. The van der Waals surface area contributed by atoms with Crippen LogP contribution in [0.25, 0.3) is 0 Å². The molecule has 10 heteroatoms. The number of nitrogens with one attached hydrogen (secondary N) is 1. The smallest absolute Gasteiger partial charge is 0.326 e. The van der Waals surface area contributed by atoms with E-state index in [2.05, 4.69) is 10.3 Å². The van der Waals surface area contributed by atoms with Gasteiger partial charge in [-0.25, -0.2) is 4.79 Å². The number of aliphatic imine (C=N–C) groups is 1. The van der Waals surface area contributed by atoms with Gasteiger partial charge in [0.05, 0.1) is 34.5 Å². The zero-order valence-corrected chi connectivity index (χ0v) is 21.5. The molecule has 0 spiro atoms. The molecule has 1 heterocycles. The maximum Gasteiger partial charge on any atom is 0.326 e. The summed E-state index contributed by atoms with van der Waals surface area (Å²) in [7, 11) is 1.80. The Labute approximate surface area is 220 Å². The van der Waals surface area contributed by atoms with Gasteiger partial charge in [-0.05, 0) is 55.5 Å². The van der Waals surface area contributed by atoms with Gasteiger partial charge >= 0.3 is 5.97 Å². The number of hydrogen-bond donors (Lipinski definition) is 2. The molecule has 0 aromatic heterocycles. The highest BCUT2D eigenvalue weighted by molar-refractivity contribution is 6.40. The van der Waals surface area contributed by atoms with Crippen LogP contribution in [0.3, 0.4) is 0 Å². The summed E-state index contributed by atoms with van der Waals surface area (Å²) >= 11 is 12.1. The Morgan fingerprint density at radius 2 is 1.81 bits per heavy atom. The first-order chi connectivity index (χ1) is 17.3. The van der Waals surface area contributed by atoms with Crippen LogP contribution in [0.15, 0.2) is 47.5 Å². The molecule has 3 rings (SSSR count). The number of carboxylic acids is 1. The maximum absolute atomic E-state index is 12.6. The number of hydrogen-bond acceptors (Lipinski definition) is 5. The molecule has 0 radical (unpaired) electrons. The molecule has 36 heavy (non-hydrogen) atoms. The molecule has 8 nitrogen and oxygen atoms in total. The van der Waals surface area contributed by atoms with E-state index in [1.165, 1.54) is 12.1 Å². The number of unbranched alkanes of at least 4 members (excludes halogenated alkanes) is 2. The molecule has 1 aliphatic heterocycles. The zero-order valence-electron chi connectivity index (χ0n) is 20.0. The van der Waals surface area contributed by atoms with E-state index >= 15 is 0 Å². The summed E-state index contributed by atoms with van der Waals surface area (Å²) in [6.07, 6.45) is 3.41. The number of halogens is 2. The minimum atomic E-state index is -1.17. The van der Waals surface area contributed by atoms with E-state index < -0.39 is 17.9 Å². The van der Waals surface area contributed by atoms with Crippen LogP contribution in [0.2, 0.25) is 10.0 Å². The molecule has 0 bridgehead atoms. The fraction of sp³-hybridized carbons (Fsp3) is 0.385. The Morgan fingerprint density at radius 3 is 2.47 bits per heavy atom. The van der Waals surface area contributed by atoms with Crippen molar-refractivity contribution in [3.63, 3.8) is 0 Å². The third-order valence-electron chi connectivity index (χ3n) is 5.81. The van der Waals surface area contributed by atoms with E-state index in [-0.39, 0.29) is 27.9 Å². The molecule has 1 atom stereocenters. The number of aliphatic carboxylic acids is 1. The summed E-state index contributed by atoms with van der Waals surface area (Å²) < 4.78 is 5.77. The van der Waals surface area contributed by atoms with Gasteiger partial charge in [-0.2, -0.15) is 0 Å². The van der Waals surface area contributed by atoms with Gasteiger partial charge in [0.1, 0.15) is 11.8 Å². The molecule has 2 amide bonds. The van der Waals surface area contributed by atoms with Crippen molar-refractivity contribution < 1.29 is 24.2 Å². The number of benzene rings is 2. The predicted molar refractivity (Wildman–Crippen MR) is 139 cm³/mol. The third kappa shape index (κ3) is 7.70. The molecule has 1 aliphatic rings. The first-order valence-electron chi connectivity index (χ1n) is 11.7. The van der Waals surface area contributed by atoms with Gasteiger partial charge in [0.2, 0.25) is 0 Å². The van der Waals surface area contributed by atoms with Crippen molar-refractivity contribution in [3.8, 4) is 5.75 Å². The van der Waals surface area contributed by atoms with Crippen LogP contribution in [0.4, 0.5) is 0 Å². The van der Waals surface area contributed by atoms with E-state index in [9.17, 15) is 19.5 Å². The number of ether oxygens (including phenoxy) is 1. The fourth-order valence-corrected chi connectivity index (χ4v) is 4.34. The van der Waals surface area contributed by atoms with Crippen molar-refractivity contribution in [2.45, 2.75) is 38.1 Å². The highest BCUT2D eigenvalue weighted by atomic mass is 35.5. The summed E-state index contributed by atoms with van der Waals surface area (Å²) in [5.41, 5.74) is 1.43. The molecule has 192 valence electrons. The summed E-state index contributed by atoms with van der Waals surface area (Å²) in [5, 5.41) is 12.4. The number of amides is 2. The quantitative estimate of drug-likeness (QED) is 0.396. The predicted octanol–water partition coefficient (Wildman–Crippen LogP) is 4.27. The van der Waals surface area contributed by atoms with Crippen LogP contribution < -0.4 is 10.1 Å². The van der Waals surface area contributed by atoms with E-state index in [1.807, 2.05) is 0 Å². The van der Waals surface area contributed by atoms with E-state index in [4.69, 9.17) is 27.9 Å². The topological polar surface area (TPSA) is 108 Å². The standard InChI is InChI=1S/C26H29Cl2N3O5/c1-31-14-13-29-21(25(31)33)8-3-2-4-15-36-18-11-9-17(10-12-18)16-22(26(34)35)30-24(32)23-19(27)6-5-7-20(23)28/h5-7,9-12,22H,2-4,8,13-16H2,1H3,(H,30,32)(H,34,35)/t22-/m0/s1. The monoisotopic (exact) mass is 533 g/mol. The zero-order chi connectivity index (χ0) is 26.1. The number of carboxylic acid groups (broad SMARTS) is 1. The number of likely N-dealkylation sites (N-methyl/N-ethyl adjacent to an activating group) is 1. The molecule has 0 saturated carbocycles. The lowest BCUT2D eigenvalue weighted by Crippen LogP contribution is -2.42. The minimum absolute atomic E-state index is 0.0231. The molecule has 2 aromatic carbocycles. The van der Waals surface area contributed by atoms with Crippen molar-refractivity contribution >= 4 is 46.7 Å². The first kappa shape index (κ1) is 27.5. The van der Waals surface area contributed by atoms with Crippen LogP contribution in [0.1, 0.15) is 41.6 Å². The summed E-state index contributed by atoms with van der Waals surface area (Å²) in [4.78, 5) is 42.4. The van der Waals surface area contributed by atoms with Crippen molar-refractivity contribution in [1.82, 2.24) is 10.2 Å². The SMILES string of the molecule is CN1CCN=C(CCCCCOc2ccc(C[C@H](NC(=O)c3c(Cl)cccc3Cl)C(=O)O)cc2)C1=O. The van der Waals surface area contributed by atoms with Crippen molar-refractivity contribution in [3.05, 3.63) is 63.6 Å². The lowest BCUT2D eigenvalue weighted by atomic mass is 10.1. The summed E-state index contributed by atoms with van der Waals surface area (Å²) in [6.45, 7) is 1.88. The van der Waals surface area contributed by atoms with Gasteiger partial charge in [0.25, 0.3) is 11.8 Å². The lowest BCUT2D eigenvalue weighted by Gasteiger charge is -2.21. The second kappa shape index (κ2) is 13.3. The van der Waals surface area contributed by atoms with Crippen LogP contribution >= 0.6 is 23.2 Å². The second-order valence-corrected chi connectivity index (χ2v) is 9.34. The summed E-state index contributed by atoms with van der Waals surface area (Å²) in [6, 6.07) is 10.6. The van der Waals surface area contributed by atoms with Crippen molar-refractivity contribution in [1.29, 1.82) is 0 Å². The molecule has 0 aliphatic carbocycles. The highest BCUT2D eigenvalue weighted by Crippen LogP contribution is 2.24. The van der Waals surface area contributed by atoms with Gasteiger partial charge in [-0.1, -0.05) is 41.4 Å². The van der Waals surface area contributed by atoms with Crippen LogP contribution in [-0.2, 0) is 16.0 Å². The van der Waals surface area contributed by atoms with E-state index in [1.54, 1.807) is 42.3 Å². The normalized spacial score (nSPS) is 14.2. The highest BCUT2D eigenvalue weighted by Gasteiger charge is 2.24. The van der Waals surface area contributed by atoms with Crippen LogP contribution in [0, 0.1) is 0 Å². The number of carbonyl (C=O) groups excluding carboxylic acids is 2. The fourth-order valence-electron chi connectivity index (χ4n) is 3.77. The molecule has 0 fully saturated rings. The lowest BCUT2D eigenvalue weighted by molar-refractivity contribution is -0.139. The average Bonchev–Trinajstić information content (AvgIpc) is 2.84. The molecular weight excluding hydrogens is 505 g/mol. The Hall–Kier alpha value is -3.10. The number of rotatable bonds is 12. The van der Waals surface area contributed by atoms with Gasteiger partial charge in [-0.3, -0.25) is 14.6 Å². The van der Waals surface area contributed by atoms with Crippen LogP contribution in [-0.4, -0.2) is 66.3 Å². The molecule has 0 unspecified atom stereocenters. The van der Waals surface area contributed by atoms with Crippen molar-refractivity contribution in [2.24, 2.45) is 4.99 Å². The van der Waals surface area contributed by atoms with Gasteiger partial charge in [-0.15, -0.1) is 0 Å². The molecule has 2 aromatic rings. The van der Waals surface area contributed by atoms with Gasteiger partial charge in [0, 0.05) is 20.0 Å². The number of carbonyl (C=O) groups is 3. The average molecular weight is 534 g/mol. The molecular formula is C26H29Cl2N3O5. The van der Waals surface area contributed by atoms with Gasteiger partial charge in [0.15, 0.2) is 0 Å².